The number of hydrogen-bond acceptors (Lipinski definition) is 4. The van der Waals surface area contributed by atoms with Crippen LogP contribution in [-0.2, 0) is 4.74 Å². The van der Waals surface area contributed by atoms with E-state index >= 15 is 0 Å². The van der Waals surface area contributed by atoms with Gasteiger partial charge in [-0.3, -0.25) is 0 Å². The molecule has 1 heterocycles. The molecule has 1 aromatic heterocycles. The zero-order valence-corrected chi connectivity index (χ0v) is 11.9. The molecule has 3 rings (SSSR count). The molecule has 5 heteroatoms. The highest BCUT2D eigenvalue weighted by molar-refractivity contribution is 5.80. The van der Waals surface area contributed by atoms with Crippen molar-refractivity contribution in [2.75, 3.05) is 12.3 Å². The first-order valence-electron chi connectivity index (χ1n) is 7.17. The Balaban J connectivity index is 1.98. The number of fused-ring (bicyclic) bond motifs is 1. The summed E-state index contributed by atoms with van der Waals surface area (Å²) in [6.45, 7) is 4.52. The average molecular weight is 275 g/mol. The summed E-state index contributed by atoms with van der Waals surface area (Å²) in [5.74, 6) is 0.713. The van der Waals surface area contributed by atoms with Crippen molar-refractivity contribution in [3.05, 3.63) is 24.0 Å². The van der Waals surface area contributed by atoms with Crippen LogP contribution in [0.1, 0.15) is 44.7 Å². The number of anilines is 1. The van der Waals surface area contributed by atoms with Gasteiger partial charge in [-0.15, -0.1) is 0 Å². The zero-order chi connectivity index (χ0) is 14.3. The number of aromatic nitrogens is 2. The first-order chi connectivity index (χ1) is 9.60. The van der Waals surface area contributed by atoms with Gasteiger partial charge in [-0.2, -0.15) is 0 Å². The lowest BCUT2D eigenvalue weighted by molar-refractivity contribution is -0.0206. The van der Waals surface area contributed by atoms with E-state index in [2.05, 4.69) is 9.55 Å². The van der Waals surface area contributed by atoms with Gasteiger partial charge in [-0.05, 0) is 44.9 Å². The van der Waals surface area contributed by atoms with Gasteiger partial charge in [0.15, 0.2) is 0 Å². The van der Waals surface area contributed by atoms with Crippen molar-refractivity contribution in [1.82, 2.24) is 9.55 Å². The quantitative estimate of drug-likeness (QED) is 0.840. The minimum absolute atomic E-state index is 0.332. The van der Waals surface area contributed by atoms with Crippen molar-refractivity contribution in [1.29, 1.82) is 0 Å². The molecule has 20 heavy (non-hydrogen) atoms. The summed E-state index contributed by atoms with van der Waals surface area (Å²) in [7, 11) is 0. The number of rotatable bonds is 4. The highest BCUT2D eigenvalue weighted by Gasteiger charge is 2.34. The summed E-state index contributed by atoms with van der Waals surface area (Å²) >= 11 is 0. The largest absolute Gasteiger partial charge is 0.399 e. The Hall–Kier alpha value is -1.59. The standard InChI is InChI=1S/C15H21N3O2/c1-3-20-12-7-11(8-12)18-14-5-4-10(16)6-13(14)17-15(18)9(2)19/h4-6,9,11-12,19H,3,7-8,16H2,1-2H3. The fourth-order valence-electron chi connectivity index (χ4n) is 2.93. The molecule has 1 fully saturated rings. The molecule has 1 aliphatic carbocycles. The van der Waals surface area contributed by atoms with Crippen LogP contribution >= 0.6 is 0 Å². The van der Waals surface area contributed by atoms with Gasteiger partial charge in [0.2, 0.25) is 0 Å². The minimum Gasteiger partial charge on any atom is -0.399 e. The predicted molar refractivity (Wildman–Crippen MR) is 78.5 cm³/mol. The molecule has 2 aromatic rings. The monoisotopic (exact) mass is 275 g/mol. The van der Waals surface area contributed by atoms with E-state index in [1.54, 1.807) is 6.92 Å². The number of imidazole rings is 1. The summed E-state index contributed by atoms with van der Waals surface area (Å²) in [4.78, 5) is 4.54. The second-order valence-electron chi connectivity index (χ2n) is 5.47. The highest BCUT2D eigenvalue weighted by atomic mass is 16.5. The zero-order valence-electron chi connectivity index (χ0n) is 11.9. The molecule has 0 amide bonds. The highest BCUT2D eigenvalue weighted by Crippen LogP contribution is 2.39. The summed E-state index contributed by atoms with van der Waals surface area (Å²) in [5.41, 5.74) is 8.39. The van der Waals surface area contributed by atoms with E-state index in [-0.39, 0.29) is 0 Å². The molecule has 0 aliphatic heterocycles. The van der Waals surface area contributed by atoms with Crippen molar-refractivity contribution in [3.63, 3.8) is 0 Å². The van der Waals surface area contributed by atoms with E-state index in [4.69, 9.17) is 10.5 Å². The number of aliphatic hydroxyl groups is 1. The topological polar surface area (TPSA) is 73.3 Å². The second-order valence-corrected chi connectivity index (χ2v) is 5.47. The Bertz CT molecular complexity index is 615. The molecule has 3 N–H and O–H groups in total. The van der Waals surface area contributed by atoms with Gasteiger partial charge in [0.1, 0.15) is 11.9 Å². The van der Waals surface area contributed by atoms with Crippen LogP contribution in [0.5, 0.6) is 0 Å². The normalized spacial score (nSPS) is 23.8. The van der Waals surface area contributed by atoms with Crippen molar-refractivity contribution < 1.29 is 9.84 Å². The summed E-state index contributed by atoms with van der Waals surface area (Å²) in [6, 6.07) is 6.07. The lowest BCUT2D eigenvalue weighted by atomic mass is 9.88. The lowest BCUT2D eigenvalue weighted by Crippen LogP contribution is -2.34. The number of nitrogens with zero attached hydrogens (tertiary/aromatic N) is 2. The van der Waals surface area contributed by atoms with Gasteiger partial charge < -0.3 is 20.1 Å². The van der Waals surface area contributed by atoms with E-state index in [1.807, 2.05) is 25.1 Å². The van der Waals surface area contributed by atoms with E-state index in [0.29, 0.717) is 23.7 Å². The third-order valence-electron chi connectivity index (χ3n) is 3.95. The van der Waals surface area contributed by atoms with E-state index < -0.39 is 6.10 Å². The molecular formula is C15H21N3O2. The molecule has 1 saturated carbocycles. The Morgan fingerprint density at radius 1 is 1.50 bits per heavy atom. The van der Waals surface area contributed by atoms with Crippen LogP contribution in [0.3, 0.4) is 0 Å². The Morgan fingerprint density at radius 2 is 2.25 bits per heavy atom. The van der Waals surface area contributed by atoms with Crippen LogP contribution in [-0.4, -0.2) is 27.4 Å². The van der Waals surface area contributed by atoms with Gasteiger partial charge in [0, 0.05) is 18.3 Å². The number of nitrogen functional groups attached to an aromatic ring is 1. The van der Waals surface area contributed by atoms with Crippen LogP contribution < -0.4 is 5.73 Å². The second kappa shape index (κ2) is 5.07. The fraction of sp³-hybridized carbons (Fsp3) is 0.533. The lowest BCUT2D eigenvalue weighted by Gasteiger charge is -2.37. The van der Waals surface area contributed by atoms with Gasteiger partial charge in [0.25, 0.3) is 0 Å². The number of aliphatic hydroxyl groups excluding tert-OH is 1. The van der Waals surface area contributed by atoms with E-state index in [1.165, 1.54) is 0 Å². The summed E-state index contributed by atoms with van der Waals surface area (Å²) < 4.78 is 7.77. The van der Waals surface area contributed by atoms with Crippen molar-refractivity contribution >= 4 is 16.7 Å². The number of benzene rings is 1. The average Bonchev–Trinajstić information content (AvgIpc) is 2.71. The molecule has 1 atom stereocenters. The smallest absolute Gasteiger partial charge is 0.138 e. The Kier molecular flexibility index (Phi) is 3.40. The third kappa shape index (κ3) is 2.17. The van der Waals surface area contributed by atoms with Gasteiger partial charge in [-0.25, -0.2) is 4.98 Å². The molecule has 1 aromatic carbocycles. The molecule has 0 bridgehead atoms. The molecule has 108 valence electrons. The van der Waals surface area contributed by atoms with Crippen LogP contribution in [0.2, 0.25) is 0 Å². The number of nitrogens with two attached hydrogens (primary N) is 1. The Labute approximate surface area is 118 Å². The van der Waals surface area contributed by atoms with Crippen LogP contribution in [0, 0.1) is 0 Å². The van der Waals surface area contributed by atoms with Crippen molar-refractivity contribution in [2.45, 2.75) is 44.9 Å². The third-order valence-corrected chi connectivity index (χ3v) is 3.95. The summed E-state index contributed by atoms with van der Waals surface area (Å²) in [6.07, 6.45) is 1.69. The fourth-order valence-corrected chi connectivity index (χ4v) is 2.93. The maximum atomic E-state index is 9.97. The first kappa shape index (κ1) is 13.4. The van der Waals surface area contributed by atoms with Crippen LogP contribution in [0.15, 0.2) is 18.2 Å². The maximum absolute atomic E-state index is 9.97. The molecule has 1 unspecified atom stereocenters. The number of hydrogen-bond donors (Lipinski definition) is 2. The van der Waals surface area contributed by atoms with Crippen molar-refractivity contribution in [2.24, 2.45) is 0 Å². The molecule has 0 saturated heterocycles. The SMILES string of the molecule is CCOC1CC(n2c(C(C)O)nc3cc(N)ccc32)C1. The predicted octanol–water partition coefficient (Wildman–Crippen LogP) is 2.41. The molecule has 1 aliphatic rings. The number of ether oxygens (including phenoxy) is 1. The van der Waals surface area contributed by atoms with Crippen molar-refractivity contribution in [3.8, 4) is 0 Å². The molecule has 0 spiro atoms. The van der Waals surface area contributed by atoms with Crippen LogP contribution in [0.4, 0.5) is 5.69 Å². The van der Waals surface area contributed by atoms with E-state index in [0.717, 1.165) is 30.5 Å². The minimum atomic E-state index is -0.588. The van der Waals surface area contributed by atoms with Gasteiger partial charge in [0.05, 0.1) is 17.1 Å². The molecule has 5 nitrogen and oxygen atoms in total. The van der Waals surface area contributed by atoms with Crippen LogP contribution in [0.25, 0.3) is 11.0 Å². The summed E-state index contributed by atoms with van der Waals surface area (Å²) in [5, 5.41) is 9.97. The van der Waals surface area contributed by atoms with Gasteiger partial charge >= 0.3 is 0 Å². The Morgan fingerprint density at radius 3 is 2.90 bits per heavy atom. The first-order valence-corrected chi connectivity index (χ1v) is 7.17. The van der Waals surface area contributed by atoms with E-state index in [9.17, 15) is 5.11 Å². The maximum Gasteiger partial charge on any atom is 0.138 e. The molecule has 0 radical (unpaired) electrons. The van der Waals surface area contributed by atoms with Gasteiger partial charge in [-0.1, -0.05) is 0 Å². The molecular weight excluding hydrogens is 254 g/mol.